The Bertz CT molecular complexity index is 246. The van der Waals surface area contributed by atoms with Gasteiger partial charge in [0.25, 0.3) is 0 Å². The van der Waals surface area contributed by atoms with Gasteiger partial charge >= 0.3 is 0 Å². The van der Waals surface area contributed by atoms with Crippen molar-refractivity contribution in [2.75, 3.05) is 6.54 Å². The molecule has 0 aromatic carbocycles. The largest absolute Gasteiger partial charge is 0.393 e. The number of aliphatic hydroxyl groups is 1. The summed E-state index contributed by atoms with van der Waals surface area (Å²) in [5, 5.41) is 9.65. The highest BCUT2D eigenvalue weighted by molar-refractivity contribution is 5.75. The third-order valence-electron chi connectivity index (χ3n) is 3.84. The number of piperidine rings is 1. The highest BCUT2D eigenvalue weighted by Crippen LogP contribution is 2.35. The SMILES string of the molecule is NNC(=O)CCCN1C2CCC1CC(O)C2. The molecule has 0 aromatic rings. The monoisotopic (exact) mass is 227 g/mol. The molecule has 2 atom stereocenters. The van der Waals surface area contributed by atoms with Crippen LogP contribution in [-0.4, -0.2) is 40.6 Å². The molecule has 16 heavy (non-hydrogen) atoms. The van der Waals surface area contributed by atoms with Gasteiger partial charge in [0.05, 0.1) is 6.10 Å². The Labute approximate surface area is 96.0 Å². The van der Waals surface area contributed by atoms with E-state index in [-0.39, 0.29) is 12.0 Å². The molecule has 0 spiro atoms. The molecule has 0 saturated carbocycles. The molecule has 2 aliphatic heterocycles. The van der Waals surface area contributed by atoms with E-state index in [0.29, 0.717) is 18.5 Å². The Morgan fingerprint density at radius 3 is 2.56 bits per heavy atom. The fourth-order valence-corrected chi connectivity index (χ4v) is 3.10. The molecule has 2 aliphatic rings. The summed E-state index contributed by atoms with van der Waals surface area (Å²) in [6, 6.07) is 1.07. The summed E-state index contributed by atoms with van der Waals surface area (Å²) in [7, 11) is 0. The number of carbonyl (C=O) groups is 1. The van der Waals surface area contributed by atoms with Crippen molar-refractivity contribution in [3.8, 4) is 0 Å². The van der Waals surface area contributed by atoms with Crippen LogP contribution in [0.5, 0.6) is 0 Å². The lowest BCUT2D eigenvalue weighted by Crippen LogP contribution is -2.45. The molecule has 5 heteroatoms. The maximum Gasteiger partial charge on any atom is 0.233 e. The Morgan fingerprint density at radius 1 is 1.38 bits per heavy atom. The number of hydrazine groups is 1. The molecule has 2 bridgehead atoms. The first-order chi connectivity index (χ1) is 7.70. The van der Waals surface area contributed by atoms with Crippen LogP contribution in [0.1, 0.15) is 38.5 Å². The van der Waals surface area contributed by atoms with Gasteiger partial charge in [-0.2, -0.15) is 0 Å². The maximum absolute atomic E-state index is 11.0. The number of fused-ring (bicyclic) bond motifs is 2. The third-order valence-corrected chi connectivity index (χ3v) is 3.84. The topological polar surface area (TPSA) is 78.6 Å². The van der Waals surface area contributed by atoms with Crippen molar-refractivity contribution in [2.45, 2.75) is 56.7 Å². The van der Waals surface area contributed by atoms with Crippen LogP contribution in [-0.2, 0) is 4.79 Å². The fraction of sp³-hybridized carbons (Fsp3) is 0.909. The maximum atomic E-state index is 11.0. The predicted octanol–water partition coefficient (Wildman–Crippen LogP) is -0.256. The number of nitrogens with zero attached hydrogens (tertiary/aromatic N) is 1. The highest BCUT2D eigenvalue weighted by Gasteiger charge is 2.39. The Kier molecular flexibility index (Phi) is 3.78. The number of nitrogens with two attached hydrogens (primary N) is 1. The Hall–Kier alpha value is -0.650. The zero-order valence-electron chi connectivity index (χ0n) is 9.56. The lowest BCUT2D eigenvalue weighted by molar-refractivity contribution is -0.121. The molecular formula is C11H21N3O2. The van der Waals surface area contributed by atoms with E-state index in [4.69, 9.17) is 5.84 Å². The first kappa shape index (κ1) is 11.8. The highest BCUT2D eigenvalue weighted by atomic mass is 16.3. The molecule has 0 aliphatic carbocycles. The van der Waals surface area contributed by atoms with E-state index in [1.807, 2.05) is 0 Å². The van der Waals surface area contributed by atoms with E-state index >= 15 is 0 Å². The van der Waals surface area contributed by atoms with Crippen molar-refractivity contribution in [1.29, 1.82) is 0 Å². The summed E-state index contributed by atoms with van der Waals surface area (Å²) in [6.45, 7) is 0.954. The van der Waals surface area contributed by atoms with Gasteiger partial charge in [-0.15, -0.1) is 0 Å². The second-order valence-corrected chi connectivity index (χ2v) is 4.92. The zero-order chi connectivity index (χ0) is 11.5. The molecule has 5 nitrogen and oxygen atoms in total. The molecule has 0 radical (unpaired) electrons. The summed E-state index contributed by atoms with van der Waals surface area (Å²) in [5.74, 6) is 4.94. The summed E-state index contributed by atoms with van der Waals surface area (Å²) >= 11 is 0. The summed E-state index contributed by atoms with van der Waals surface area (Å²) < 4.78 is 0. The Morgan fingerprint density at radius 2 is 2.00 bits per heavy atom. The van der Waals surface area contributed by atoms with Crippen LogP contribution in [0.2, 0.25) is 0 Å². The lowest BCUT2D eigenvalue weighted by atomic mass is 9.99. The molecule has 2 fully saturated rings. The molecule has 0 aromatic heterocycles. The number of hydrogen-bond donors (Lipinski definition) is 3. The van der Waals surface area contributed by atoms with E-state index < -0.39 is 0 Å². The normalized spacial score (nSPS) is 34.0. The molecule has 4 N–H and O–H groups in total. The summed E-state index contributed by atoms with van der Waals surface area (Å²) in [5.41, 5.74) is 2.15. The molecule has 2 saturated heterocycles. The Balaban J connectivity index is 1.76. The first-order valence-corrected chi connectivity index (χ1v) is 6.14. The van der Waals surface area contributed by atoms with Gasteiger partial charge < -0.3 is 5.11 Å². The number of hydrogen-bond acceptors (Lipinski definition) is 4. The fourth-order valence-electron chi connectivity index (χ4n) is 3.10. The van der Waals surface area contributed by atoms with Crippen molar-refractivity contribution >= 4 is 5.91 Å². The molecular weight excluding hydrogens is 206 g/mol. The molecule has 2 rings (SSSR count). The van der Waals surface area contributed by atoms with Crippen LogP contribution >= 0.6 is 0 Å². The number of nitrogens with one attached hydrogen (secondary N) is 1. The van der Waals surface area contributed by atoms with Crippen molar-refractivity contribution in [3.63, 3.8) is 0 Å². The van der Waals surface area contributed by atoms with Gasteiger partial charge in [0.1, 0.15) is 0 Å². The molecule has 92 valence electrons. The van der Waals surface area contributed by atoms with E-state index in [0.717, 1.165) is 25.8 Å². The van der Waals surface area contributed by atoms with E-state index in [9.17, 15) is 9.90 Å². The van der Waals surface area contributed by atoms with Gasteiger partial charge in [-0.05, 0) is 38.6 Å². The van der Waals surface area contributed by atoms with Gasteiger partial charge in [-0.1, -0.05) is 0 Å². The van der Waals surface area contributed by atoms with E-state index in [1.54, 1.807) is 0 Å². The van der Waals surface area contributed by atoms with Crippen LogP contribution in [0.4, 0.5) is 0 Å². The average Bonchev–Trinajstić information content (AvgIpc) is 2.51. The lowest BCUT2D eigenvalue weighted by Gasteiger charge is -2.37. The van der Waals surface area contributed by atoms with Crippen LogP contribution in [0.15, 0.2) is 0 Å². The van der Waals surface area contributed by atoms with Crippen molar-refractivity contribution < 1.29 is 9.90 Å². The average molecular weight is 227 g/mol. The van der Waals surface area contributed by atoms with Gasteiger partial charge in [0.15, 0.2) is 0 Å². The minimum Gasteiger partial charge on any atom is -0.393 e. The number of rotatable bonds is 4. The number of aliphatic hydroxyl groups excluding tert-OH is 1. The van der Waals surface area contributed by atoms with E-state index in [1.165, 1.54) is 12.8 Å². The third kappa shape index (κ3) is 2.53. The van der Waals surface area contributed by atoms with Crippen LogP contribution in [0.25, 0.3) is 0 Å². The predicted molar refractivity (Wildman–Crippen MR) is 60.3 cm³/mol. The van der Waals surface area contributed by atoms with Crippen LogP contribution < -0.4 is 11.3 Å². The molecule has 1 amide bonds. The smallest absolute Gasteiger partial charge is 0.233 e. The van der Waals surface area contributed by atoms with Gasteiger partial charge in [-0.25, -0.2) is 5.84 Å². The quantitative estimate of drug-likeness (QED) is 0.351. The van der Waals surface area contributed by atoms with Crippen LogP contribution in [0, 0.1) is 0 Å². The van der Waals surface area contributed by atoms with Gasteiger partial charge in [0, 0.05) is 18.5 Å². The van der Waals surface area contributed by atoms with Crippen molar-refractivity contribution in [3.05, 3.63) is 0 Å². The summed E-state index contributed by atoms with van der Waals surface area (Å²) in [4.78, 5) is 13.5. The first-order valence-electron chi connectivity index (χ1n) is 6.14. The minimum atomic E-state index is -0.110. The van der Waals surface area contributed by atoms with Crippen molar-refractivity contribution in [2.24, 2.45) is 5.84 Å². The second kappa shape index (κ2) is 5.12. The molecule has 2 unspecified atom stereocenters. The minimum absolute atomic E-state index is 0.0932. The van der Waals surface area contributed by atoms with E-state index in [2.05, 4.69) is 10.3 Å². The number of amides is 1. The standard InChI is InChI=1S/C11H21N3O2/c12-13-11(16)2-1-5-14-8-3-4-9(14)7-10(15)6-8/h8-10,15H,1-7,12H2,(H,13,16). The van der Waals surface area contributed by atoms with Gasteiger partial charge in [0.2, 0.25) is 5.91 Å². The van der Waals surface area contributed by atoms with Gasteiger partial charge in [-0.3, -0.25) is 15.1 Å². The zero-order valence-corrected chi connectivity index (χ0v) is 9.56. The van der Waals surface area contributed by atoms with Crippen LogP contribution in [0.3, 0.4) is 0 Å². The summed E-state index contributed by atoms with van der Waals surface area (Å²) in [6.07, 6.45) is 5.44. The molecule has 2 heterocycles. The number of carbonyl (C=O) groups excluding carboxylic acids is 1. The second-order valence-electron chi connectivity index (χ2n) is 4.92. The van der Waals surface area contributed by atoms with Crippen molar-refractivity contribution in [1.82, 2.24) is 10.3 Å².